The Labute approximate surface area is 164 Å². The average Bonchev–Trinajstić information content (AvgIpc) is 3.38. The fraction of sp³-hybridized carbons (Fsp3) is 0.0909. The van der Waals surface area contributed by atoms with E-state index in [1.165, 1.54) is 35.6 Å². The topological polar surface area (TPSA) is 41.6 Å². The van der Waals surface area contributed by atoms with Crippen LogP contribution < -0.4 is 0 Å². The zero-order valence-corrected chi connectivity index (χ0v) is 15.5. The molecule has 2 aromatic carbocycles. The van der Waals surface area contributed by atoms with Gasteiger partial charge in [-0.1, -0.05) is 36.4 Å². The highest BCUT2D eigenvalue weighted by Crippen LogP contribution is 2.43. The summed E-state index contributed by atoms with van der Waals surface area (Å²) in [7, 11) is 0. The second-order valence-corrected chi connectivity index (χ2v) is 7.69. The molecular formula is C22H15F2N3S. The normalized spacial score (nSPS) is 14.8. The highest BCUT2D eigenvalue weighted by Gasteiger charge is 2.37. The summed E-state index contributed by atoms with van der Waals surface area (Å²) in [5.74, 6) is -0.572. The van der Waals surface area contributed by atoms with Crippen LogP contribution in [0.1, 0.15) is 22.4 Å². The van der Waals surface area contributed by atoms with Crippen molar-refractivity contribution in [3.63, 3.8) is 0 Å². The number of rotatable bonds is 3. The van der Waals surface area contributed by atoms with E-state index in [2.05, 4.69) is 21.3 Å². The van der Waals surface area contributed by atoms with Crippen molar-refractivity contribution in [3.05, 3.63) is 100 Å². The van der Waals surface area contributed by atoms with Crippen LogP contribution >= 0.6 is 11.3 Å². The number of nitrogens with zero attached hydrogens (tertiary/aromatic N) is 2. The Bertz CT molecular complexity index is 1100. The van der Waals surface area contributed by atoms with Gasteiger partial charge in [0.1, 0.15) is 22.3 Å². The minimum Gasteiger partial charge on any atom is -0.281 e. The molecule has 0 atom stereocenters. The van der Waals surface area contributed by atoms with Gasteiger partial charge >= 0.3 is 0 Å². The Balaban J connectivity index is 1.66. The Morgan fingerprint density at radius 2 is 1.57 bits per heavy atom. The first-order chi connectivity index (χ1) is 13.7. The highest BCUT2D eigenvalue weighted by molar-refractivity contribution is 7.13. The van der Waals surface area contributed by atoms with Crippen LogP contribution in [0.4, 0.5) is 8.78 Å². The predicted molar refractivity (Wildman–Crippen MR) is 106 cm³/mol. The molecule has 2 aromatic heterocycles. The number of halogens is 2. The van der Waals surface area contributed by atoms with Crippen LogP contribution in [0.3, 0.4) is 0 Å². The third-order valence-corrected chi connectivity index (χ3v) is 6.01. The maximum Gasteiger partial charge on any atom is 0.144 e. The van der Waals surface area contributed by atoms with Crippen LogP contribution in [0.15, 0.2) is 66.2 Å². The maximum atomic E-state index is 13.5. The summed E-state index contributed by atoms with van der Waals surface area (Å²) in [5.41, 5.74) is 4.14. The molecule has 0 saturated heterocycles. The van der Waals surface area contributed by atoms with Crippen molar-refractivity contribution >= 4 is 17.4 Å². The highest BCUT2D eigenvalue weighted by atomic mass is 32.1. The van der Waals surface area contributed by atoms with Crippen LogP contribution in [-0.4, -0.2) is 15.2 Å². The van der Waals surface area contributed by atoms with E-state index < -0.39 is 5.41 Å². The van der Waals surface area contributed by atoms with Crippen molar-refractivity contribution in [1.29, 1.82) is 0 Å². The number of aromatic amines is 1. The number of hydrogen-bond donors (Lipinski definition) is 1. The lowest BCUT2D eigenvalue weighted by Crippen LogP contribution is -2.30. The number of aromatic nitrogens is 3. The van der Waals surface area contributed by atoms with Crippen molar-refractivity contribution in [3.8, 4) is 10.7 Å². The van der Waals surface area contributed by atoms with Gasteiger partial charge in [0.05, 0.1) is 0 Å². The summed E-state index contributed by atoms with van der Waals surface area (Å²) >= 11 is 1.54. The molecule has 3 nitrogen and oxygen atoms in total. The molecule has 0 unspecified atom stereocenters. The second kappa shape index (κ2) is 6.49. The number of hydrogen-bond acceptors (Lipinski definition) is 3. The van der Waals surface area contributed by atoms with Gasteiger partial charge in [0.2, 0.25) is 0 Å². The molecular weight excluding hydrogens is 376 g/mol. The number of allylic oxidation sites excluding steroid dienone is 1. The zero-order chi connectivity index (χ0) is 19.1. The lowest BCUT2D eigenvalue weighted by atomic mass is 9.68. The fourth-order valence-corrected chi connectivity index (χ4v) is 4.47. The van der Waals surface area contributed by atoms with Gasteiger partial charge in [-0.3, -0.25) is 5.10 Å². The molecule has 138 valence electrons. The van der Waals surface area contributed by atoms with Crippen LogP contribution in [0, 0.1) is 11.6 Å². The van der Waals surface area contributed by atoms with E-state index >= 15 is 0 Å². The molecule has 4 aromatic rings. The second-order valence-electron chi connectivity index (χ2n) is 6.80. The third kappa shape index (κ3) is 2.68. The summed E-state index contributed by atoms with van der Waals surface area (Å²) in [5, 5.41) is 10.4. The molecule has 0 radical (unpaired) electrons. The predicted octanol–water partition coefficient (Wildman–Crippen LogP) is 5.37. The lowest BCUT2D eigenvalue weighted by Gasteiger charge is -2.34. The average molecular weight is 391 g/mol. The summed E-state index contributed by atoms with van der Waals surface area (Å²) in [4.78, 5) is 4.36. The van der Waals surface area contributed by atoms with Gasteiger partial charge in [0.15, 0.2) is 0 Å². The summed E-state index contributed by atoms with van der Waals surface area (Å²) < 4.78 is 27.1. The van der Waals surface area contributed by atoms with Gasteiger partial charge in [0, 0.05) is 34.7 Å². The molecule has 1 aliphatic carbocycles. The van der Waals surface area contributed by atoms with E-state index in [-0.39, 0.29) is 11.6 Å². The molecule has 1 aliphatic rings. The number of H-pyrrole nitrogens is 1. The van der Waals surface area contributed by atoms with Crippen molar-refractivity contribution in [2.24, 2.45) is 0 Å². The fourth-order valence-electron chi connectivity index (χ4n) is 3.83. The smallest absolute Gasteiger partial charge is 0.144 e. The largest absolute Gasteiger partial charge is 0.281 e. The van der Waals surface area contributed by atoms with Crippen LogP contribution in [0.5, 0.6) is 0 Å². The maximum absolute atomic E-state index is 13.5. The van der Waals surface area contributed by atoms with E-state index in [0.717, 1.165) is 33.1 Å². The Kier molecular flexibility index (Phi) is 3.94. The SMILES string of the molecule is Fc1ccc(C2(c3ccc(F)cc3)C=Cc3c(-c4nccs4)n[nH]c3C2)cc1. The van der Waals surface area contributed by atoms with Gasteiger partial charge in [-0.2, -0.15) is 5.10 Å². The first kappa shape index (κ1) is 17.0. The molecule has 6 heteroatoms. The van der Waals surface area contributed by atoms with Gasteiger partial charge in [-0.15, -0.1) is 11.3 Å². The molecule has 2 heterocycles. The van der Waals surface area contributed by atoms with E-state index in [1.807, 2.05) is 11.5 Å². The first-order valence-corrected chi connectivity index (χ1v) is 9.72. The summed E-state index contributed by atoms with van der Waals surface area (Å²) in [6.07, 6.45) is 6.50. The quantitative estimate of drug-likeness (QED) is 0.510. The van der Waals surface area contributed by atoms with Crippen molar-refractivity contribution in [2.75, 3.05) is 0 Å². The van der Waals surface area contributed by atoms with Crippen molar-refractivity contribution in [2.45, 2.75) is 11.8 Å². The Morgan fingerprint density at radius 3 is 2.14 bits per heavy atom. The number of nitrogens with one attached hydrogen (secondary N) is 1. The standard InChI is InChI=1S/C22H15F2N3S/c23-16-5-1-14(2-6-16)22(15-3-7-17(24)8-4-15)10-9-18-19(13-22)26-27-20(18)21-25-11-12-28-21/h1-12H,13H2,(H,26,27). The summed E-state index contributed by atoms with van der Waals surface area (Å²) in [6, 6.07) is 13.0. The van der Waals surface area contributed by atoms with Gasteiger partial charge < -0.3 is 0 Å². The van der Waals surface area contributed by atoms with E-state index in [1.54, 1.807) is 30.5 Å². The molecule has 5 rings (SSSR count). The van der Waals surface area contributed by atoms with Gasteiger partial charge in [0.25, 0.3) is 0 Å². The van der Waals surface area contributed by atoms with Gasteiger partial charge in [-0.05, 0) is 35.4 Å². The van der Waals surface area contributed by atoms with Crippen molar-refractivity contribution in [1.82, 2.24) is 15.2 Å². The zero-order valence-electron chi connectivity index (χ0n) is 14.7. The van der Waals surface area contributed by atoms with Crippen LogP contribution in [0.25, 0.3) is 16.8 Å². The van der Waals surface area contributed by atoms with E-state index in [4.69, 9.17) is 0 Å². The van der Waals surface area contributed by atoms with E-state index in [9.17, 15) is 8.78 Å². The lowest BCUT2D eigenvalue weighted by molar-refractivity contribution is 0.599. The van der Waals surface area contributed by atoms with Gasteiger partial charge in [-0.25, -0.2) is 13.8 Å². The summed E-state index contributed by atoms with van der Waals surface area (Å²) in [6.45, 7) is 0. The number of thiazole rings is 1. The molecule has 0 saturated carbocycles. The molecule has 0 spiro atoms. The molecule has 28 heavy (non-hydrogen) atoms. The number of fused-ring (bicyclic) bond motifs is 1. The first-order valence-electron chi connectivity index (χ1n) is 8.84. The molecule has 0 bridgehead atoms. The monoisotopic (exact) mass is 391 g/mol. The molecule has 0 fully saturated rings. The Morgan fingerprint density at radius 1 is 0.929 bits per heavy atom. The van der Waals surface area contributed by atoms with E-state index in [0.29, 0.717) is 6.42 Å². The van der Waals surface area contributed by atoms with Crippen LogP contribution in [-0.2, 0) is 11.8 Å². The Hall–Kier alpha value is -3.12. The minimum atomic E-state index is -0.541. The third-order valence-electron chi connectivity index (χ3n) is 5.23. The number of benzene rings is 2. The molecule has 1 N–H and O–H groups in total. The van der Waals surface area contributed by atoms with Crippen molar-refractivity contribution < 1.29 is 8.78 Å². The van der Waals surface area contributed by atoms with Crippen LogP contribution in [0.2, 0.25) is 0 Å². The molecule has 0 amide bonds. The molecule has 0 aliphatic heterocycles. The minimum absolute atomic E-state index is 0.286.